The average Bonchev–Trinajstić information content (AvgIpc) is 3.20. The first kappa shape index (κ1) is 18.0. The Morgan fingerprint density at radius 3 is 2.54 bits per heavy atom. The van der Waals surface area contributed by atoms with Crippen molar-refractivity contribution in [3.05, 3.63) is 66.2 Å². The van der Waals surface area contributed by atoms with Crippen molar-refractivity contribution in [3.8, 4) is 11.4 Å². The zero-order valence-corrected chi connectivity index (χ0v) is 14.3. The van der Waals surface area contributed by atoms with Crippen LogP contribution < -0.4 is 10.1 Å². The third-order valence-corrected chi connectivity index (χ3v) is 3.92. The number of aliphatic hydroxyl groups is 1. The molecule has 136 valence electrons. The van der Waals surface area contributed by atoms with Gasteiger partial charge in [-0.1, -0.05) is 12.1 Å². The Bertz CT molecular complexity index is 793. The van der Waals surface area contributed by atoms with Gasteiger partial charge in [-0.2, -0.15) is 0 Å². The number of hydrogen-bond acceptors (Lipinski definition) is 6. The van der Waals surface area contributed by atoms with Crippen LogP contribution in [0.2, 0.25) is 0 Å². The Kier molecular flexibility index (Phi) is 5.88. The number of rotatable bonds is 8. The normalized spacial score (nSPS) is 13.3. The first-order valence-corrected chi connectivity index (χ1v) is 8.25. The topological polar surface area (TPSA) is 85.1 Å². The minimum absolute atomic E-state index is 0.0541. The highest BCUT2D eigenvalue weighted by Crippen LogP contribution is 2.15. The molecule has 0 aliphatic carbocycles. The number of aliphatic hydroxyl groups excluding tert-OH is 1. The molecule has 3 rings (SSSR count). The summed E-state index contributed by atoms with van der Waals surface area (Å²) in [4.78, 5) is 0. The maximum atomic E-state index is 12.8. The number of nitrogens with zero attached hydrogens (tertiary/aromatic N) is 4. The van der Waals surface area contributed by atoms with Gasteiger partial charge >= 0.3 is 0 Å². The highest BCUT2D eigenvalue weighted by molar-refractivity contribution is 5.34. The summed E-state index contributed by atoms with van der Waals surface area (Å²) in [5, 5.41) is 24.4. The zero-order valence-electron chi connectivity index (χ0n) is 14.3. The second-order valence-electron chi connectivity index (χ2n) is 5.89. The first-order chi connectivity index (χ1) is 12.6. The number of tetrazole rings is 1. The molecule has 7 nitrogen and oxygen atoms in total. The minimum Gasteiger partial charge on any atom is -0.491 e. The summed E-state index contributed by atoms with van der Waals surface area (Å²) < 4.78 is 19.9. The molecule has 3 aromatic rings. The van der Waals surface area contributed by atoms with Gasteiger partial charge in [-0.3, -0.25) is 0 Å². The summed E-state index contributed by atoms with van der Waals surface area (Å²) in [6.07, 6.45) is 0.858. The van der Waals surface area contributed by atoms with Crippen molar-refractivity contribution in [2.45, 2.75) is 19.1 Å². The fourth-order valence-corrected chi connectivity index (χ4v) is 2.41. The molecule has 1 aromatic heterocycles. The lowest BCUT2D eigenvalue weighted by atomic mass is 10.1. The molecule has 2 unspecified atom stereocenters. The molecular weight excluding hydrogens is 337 g/mol. The van der Waals surface area contributed by atoms with Crippen LogP contribution in [-0.2, 0) is 0 Å². The smallest absolute Gasteiger partial charge is 0.143 e. The Morgan fingerprint density at radius 2 is 1.88 bits per heavy atom. The van der Waals surface area contributed by atoms with E-state index in [9.17, 15) is 9.50 Å². The lowest BCUT2D eigenvalue weighted by molar-refractivity contribution is 0.104. The molecule has 1 heterocycles. The van der Waals surface area contributed by atoms with E-state index in [1.54, 1.807) is 4.68 Å². The van der Waals surface area contributed by atoms with Crippen LogP contribution in [0.5, 0.6) is 5.75 Å². The van der Waals surface area contributed by atoms with Crippen LogP contribution in [0.4, 0.5) is 4.39 Å². The predicted octanol–water partition coefficient (Wildman–Crippen LogP) is 1.89. The van der Waals surface area contributed by atoms with Gasteiger partial charge in [-0.25, -0.2) is 9.07 Å². The Morgan fingerprint density at radius 1 is 1.15 bits per heavy atom. The summed E-state index contributed by atoms with van der Waals surface area (Å²) in [6.45, 7) is 2.51. The standard InChI is InChI=1S/C18H20FN5O2/c1-13(14-2-6-16(7-3-14)24-12-21-22-23-24)20-10-17(25)11-26-18-8-4-15(19)5-9-18/h2-9,12-13,17,20,25H,10-11H2,1H3. The molecule has 2 aromatic carbocycles. The Balaban J connectivity index is 1.45. The Labute approximate surface area is 150 Å². The molecule has 0 fully saturated rings. The van der Waals surface area contributed by atoms with E-state index in [2.05, 4.69) is 20.8 Å². The quantitative estimate of drug-likeness (QED) is 0.640. The fourth-order valence-electron chi connectivity index (χ4n) is 2.41. The SMILES string of the molecule is CC(NCC(O)COc1ccc(F)cc1)c1ccc(-n2cnnn2)cc1. The lowest BCUT2D eigenvalue weighted by Gasteiger charge is -2.18. The first-order valence-electron chi connectivity index (χ1n) is 8.25. The molecule has 0 aliphatic rings. The van der Waals surface area contributed by atoms with E-state index in [4.69, 9.17) is 4.74 Å². The molecule has 0 amide bonds. The third-order valence-electron chi connectivity index (χ3n) is 3.92. The second kappa shape index (κ2) is 8.50. The molecule has 0 spiro atoms. The molecule has 2 N–H and O–H groups in total. The van der Waals surface area contributed by atoms with Gasteiger partial charge in [0.2, 0.25) is 0 Å². The molecule has 8 heteroatoms. The van der Waals surface area contributed by atoms with E-state index in [1.807, 2.05) is 31.2 Å². The number of ether oxygens (including phenoxy) is 1. The minimum atomic E-state index is -0.678. The molecule has 0 saturated carbocycles. The van der Waals surface area contributed by atoms with Gasteiger partial charge in [0.05, 0.1) is 5.69 Å². The lowest BCUT2D eigenvalue weighted by Crippen LogP contribution is -2.33. The summed E-state index contributed by atoms with van der Waals surface area (Å²) >= 11 is 0. The van der Waals surface area contributed by atoms with Crippen molar-refractivity contribution >= 4 is 0 Å². The van der Waals surface area contributed by atoms with Gasteiger partial charge in [0.15, 0.2) is 0 Å². The zero-order chi connectivity index (χ0) is 18.4. The van der Waals surface area contributed by atoms with Crippen LogP contribution in [0.3, 0.4) is 0 Å². The van der Waals surface area contributed by atoms with Crippen LogP contribution in [-0.4, -0.2) is 44.6 Å². The van der Waals surface area contributed by atoms with Crippen molar-refractivity contribution in [2.75, 3.05) is 13.2 Å². The molecule has 26 heavy (non-hydrogen) atoms. The highest BCUT2D eigenvalue weighted by Gasteiger charge is 2.10. The predicted molar refractivity (Wildman–Crippen MR) is 93.5 cm³/mol. The molecule has 0 saturated heterocycles. The van der Waals surface area contributed by atoms with Crippen molar-refractivity contribution in [2.24, 2.45) is 0 Å². The van der Waals surface area contributed by atoms with Gasteiger partial charge in [0.1, 0.15) is 30.6 Å². The molecule has 0 aliphatic heterocycles. The van der Waals surface area contributed by atoms with E-state index >= 15 is 0 Å². The highest BCUT2D eigenvalue weighted by atomic mass is 19.1. The number of benzene rings is 2. The monoisotopic (exact) mass is 357 g/mol. The third kappa shape index (κ3) is 4.84. The van der Waals surface area contributed by atoms with Crippen LogP contribution in [0.15, 0.2) is 54.9 Å². The molecule has 0 bridgehead atoms. The van der Waals surface area contributed by atoms with Crippen LogP contribution in [0.1, 0.15) is 18.5 Å². The largest absolute Gasteiger partial charge is 0.491 e. The number of nitrogens with one attached hydrogen (secondary N) is 1. The van der Waals surface area contributed by atoms with E-state index < -0.39 is 6.10 Å². The molecule has 2 atom stereocenters. The van der Waals surface area contributed by atoms with Gasteiger partial charge in [0.25, 0.3) is 0 Å². The fraction of sp³-hybridized carbons (Fsp3) is 0.278. The van der Waals surface area contributed by atoms with Crippen molar-refractivity contribution in [3.63, 3.8) is 0 Å². The summed E-state index contributed by atoms with van der Waals surface area (Å²) in [7, 11) is 0. The van der Waals surface area contributed by atoms with Gasteiger partial charge in [-0.05, 0) is 59.3 Å². The summed E-state index contributed by atoms with van der Waals surface area (Å²) in [5.41, 5.74) is 1.95. The van der Waals surface area contributed by atoms with Crippen molar-refractivity contribution < 1.29 is 14.2 Å². The number of aromatic nitrogens is 4. The van der Waals surface area contributed by atoms with E-state index in [0.29, 0.717) is 12.3 Å². The van der Waals surface area contributed by atoms with Crippen molar-refractivity contribution in [1.29, 1.82) is 0 Å². The summed E-state index contributed by atoms with van der Waals surface area (Å²) in [6, 6.07) is 13.6. The van der Waals surface area contributed by atoms with Gasteiger partial charge < -0.3 is 15.2 Å². The molecule has 0 radical (unpaired) electrons. The summed E-state index contributed by atoms with van der Waals surface area (Å²) in [5.74, 6) is 0.205. The van der Waals surface area contributed by atoms with Gasteiger partial charge in [-0.15, -0.1) is 5.10 Å². The average molecular weight is 357 g/mol. The van der Waals surface area contributed by atoms with E-state index in [0.717, 1.165) is 11.3 Å². The Hall–Kier alpha value is -2.84. The van der Waals surface area contributed by atoms with Crippen LogP contribution in [0.25, 0.3) is 5.69 Å². The maximum absolute atomic E-state index is 12.8. The second-order valence-corrected chi connectivity index (χ2v) is 5.89. The van der Waals surface area contributed by atoms with Crippen LogP contribution in [0, 0.1) is 5.82 Å². The van der Waals surface area contributed by atoms with Crippen LogP contribution >= 0.6 is 0 Å². The van der Waals surface area contributed by atoms with Gasteiger partial charge in [0, 0.05) is 12.6 Å². The van der Waals surface area contributed by atoms with E-state index in [1.165, 1.54) is 30.6 Å². The maximum Gasteiger partial charge on any atom is 0.143 e. The van der Waals surface area contributed by atoms with Crippen molar-refractivity contribution in [1.82, 2.24) is 25.5 Å². The number of halogens is 1. The van der Waals surface area contributed by atoms with E-state index in [-0.39, 0.29) is 18.5 Å². The number of hydrogen-bond donors (Lipinski definition) is 2. The molecular formula is C18H20FN5O2.